The molecule has 1 unspecified atom stereocenters. The summed E-state index contributed by atoms with van der Waals surface area (Å²) in [6.45, 7) is 6.26. The molecule has 1 N–H and O–H groups in total. The number of aryl methyl sites for hydroxylation is 1. The third-order valence-electron chi connectivity index (χ3n) is 5.06. The van der Waals surface area contributed by atoms with Gasteiger partial charge in [-0.1, -0.05) is 31.5 Å². The zero-order valence-corrected chi connectivity index (χ0v) is 13.1. The fraction of sp³-hybridized carbons (Fsp3) is 0.611. The number of hydrogen-bond acceptors (Lipinski definition) is 2. The Morgan fingerprint density at radius 1 is 1.33 bits per heavy atom. The van der Waals surface area contributed by atoms with E-state index in [-0.39, 0.29) is 5.56 Å². The van der Waals surface area contributed by atoms with Crippen molar-refractivity contribution in [3.63, 3.8) is 0 Å². The van der Waals surface area contributed by atoms with Crippen LogP contribution in [0.15, 0.2) is 18.2 Å². The van der Waals surface area contributed by atoms with Crippen molar-refractivity contribution < 1.29 is 9.50 Å². The molecule has 0 amide bonds. The summed E-state index contributed by atoms with van der Waals surface area (Å²) < 4.78 is 14.0. The highest BCUT2D eigenvalue weighted by Gasteiger charge is 2.43. The number of aliphatic hydroxyl groups is 1. The molecule has 0 bridgehead atoms. The van der Waals surface area contributed by atoms with Gasteiger partial charge in [-0.25, -0.2) is 4.39 Å². The second kappa shape index (κ2) is 6.15. The van der Waals surface area contributed by atoms with Crippen LogP contribution in [0.3, 0.4) is 0 Å². The highest BCUT2D eigenvalue weighted by molar-refractivity contribution is 5.29. The molecule has 3 heteroatoms. The molecule has 1 aromatic rings. The van der Waals surface area contributed by atoms with Crippen molar-refractivity contribution in [1.29, 1.82) is 5.26 Å². The smallest absolute Gasteiger partial charge is 0.129 e. The summed E-state index contributed by atoms with van der Waals surface area (Å²) in [5.74, 6) is 0.768. The molecule has 1 aliphatic rings. The molecule has 0 radical (unpaired) electrons. The molecule has 0 aromatic heterocycles. The maximum atomic E-state index is 14.0. The van der Waals surface area contributed by atoms with Crippen LogP contribution in [-0.2, 0) is 0 Å². The van der Waals surface area contributed by atoms with Crippen molar-refractivity contribution in [3.05, 3.63) is 35.1 Å². The van der Waals surface area contributed by atoms with Crippen molar-refractivity contribution in [3.8, 4) is 6.07 Å². The first kappa shape index (κ1) is 16.0. The Morgan fingerprint density at radius 3 is 2.48 bits per heavy atom. The van der Waals surface area contributed by atoms with E-state index < -0.39 is 17.3 Å². The van der Waals surface area contributed by atoms with Crippen molar-refractivity contribution in [2.75, 3.05) is 0 Å². The number of nitriles is 1. The van der Waals surface area contributed by atoms with E-state index >= 15 is 0 Å². The molecule has 1 atom stereocenters. The first-order valence-electron chi connectivity index (χ1n) is 7.75. The first-order valence-corrected chi connectivity index (χ1v) is 7.75. The standard InChI is InChI=1S/C18H24FNO/c1-12(2)14-6-8-18(11-20,9-7-14)17(21)15-10-13(3)4-5-16(15)19/h4-5,10,12,14,17,21H,6-9H2,1-3H3. The minimum Gasteiger partial charge on any atom is -0.387 e. The minimum absolute atomic E-state index is 0.263. The topological polar surface area (TPSA) is 44.0 Å². The number of halogens is 1. The Hall–Kier alpha value is -1.40. The second-order valence-electron chi connectivity index (χ2n) is 6.78. The first-order chi connectivity index (χ1) is 9.89. The molecule has 21 heavy (non-hydrogen) atoms. The number of hydrogen-bond donors (Lipinski definition) is 1. The summed E-state index contributed by atoms with van der Waals surface area (Å²) in [4.78, 5) is 0. The van der Waals surface area contributed by atoms with Gasteiger partial charge in [0.25, 0.3) is 0 Å². The average molecular weight is 289 g/mol. The lowest BCUT2D eigenvalue weighted by Crippen LogP contribution is -2.34. The summed E-state index contributed by atoms with van der Waals surface area (Å²) in [5, 5.41) is 20.3. The molecular weight excluding hydrogens is 265 g/mol. The quantitative estimate of drug-likeness (QED) is 0.888. The highest BCUT2D eigenvalue weighted by atomic mass is 19.1. The van der Waals surface area contributed by atoms with E-state index in [1.165, 1.54) is 6.07 Å². The molecule has 2 rings (SSSR count). The zero-order chi connectivity index (χ0) is 15.6. The Kier molecular flexibility index (Phi) is 4.68. The van der Waals surface area contributed by atoms with Crippen LogP contribution < -0.4 is 0 Å². The molecule has 0 spiro atoms. The SMILES string of the molecule is Cc1ccc(F)c(C(O)C2(C#N)CCC(C(C)C)CC2)c1. The van der Waals surface area contributed by atoms with Gasteiger partial charge >= 0.3 is 0 Å². The summed E-state index contributed by atoms with van der Waals surface area (Å²) >= 11 is 0. The van der Waals surface area contributed by atoms with Gasteiger partial charge in [0.15, 0.2) is 0 Å². The minimum atomic E-state index is -1.05. The monoisotopic (exact) mass is 289 g/mol. The molecule has 1 fully saturated rings. The van der Waals surface area contributed by atoms with E-state index in [4.69, 9.17) is 0 Å². The Morgan fingerprint density at radius 2 is 1.95 bits per heavy atom. The molecule has 0 heterocycles. The van der Waals surface area contributed by atoms with Gasteiger partial charge in [-0.2, -0.15) is 5.26 Å². The van der Waals surface area contributed by atoms with Gasteiger partial charge in [0.2, 0.25) is 0 Å². The summed E-state index contributed by atoms with van der Waals surface area (Å²) in [5.41, 5.74) is 0.314. The zero-order valence-electron chi connectivity index (χ0n) is 13.1. The fourth-order valence-corrected chi connectivity index (χ4v) is 3.44. The van der Waals surface area contributed by atoms with Crippen LogP contribution in [0.5, 0.6) is 0 Å². The predicted molar refractivity (Wildman–Crippen MR) is 80.9 cm³/mol. The lowest BCUT2D eigenvalue weighted by molar-refractivity contribution is 0.0168. The normalized spacial score (nSPS) is 27.4. The number of rotatable bonds is 3. The largest absolute Gasteiger partial charge is 0.387 e. The van der Waals surface area contributed by atoms with E-state index in [9.17, 15) is 14.8 Å². The fourth-order valence-electron chi connectivity index (χ4n) is 3.44. The van der Waals surface area contributed by atoms with Gasteiger partial charge in [0.05, 0.1) is 11.5 Å². The van der Waals surface area contributed by atoms with Crippen LogP contribution in [0.2, 0.25) is 0 Å². The van der Waals surface area contributed by atoms with Crippen molar-refractivity contribution >= 4 is 0 Å². The van der Waals surface area contributed by atoms with Crippen LogP contribution in [0.1, 0.15) is 56.8 Å². The van der Waals surface area contributed by atoms with E-state index in [1.807, 2.05) is 6.92 Å². The van der Waals surface area contributed by atoms with Crippen LogP contribution in [0, 0.1) is 41.3 Å². The number of nitrogens with zero attached hydrogens (tertiary/aromatic N) is 1. The molecule has 0 saturated heterocycles. The molecular formula is C18H24FNO. The number of aliphatic hydroxyl groups excluding tert-OH is 1. The Bertz CT molecular complexity index is 539. The Labute approximate surface area is 126 Å². The highest BCUT2D eigenvalue weighted by Crippen LogP contribution is 2.48. The third-order valence-corrected chi connectivity index (χ3v) is 5.06. The van der Waals surface area contributed by atoms with Gasteiger partial charge in [-0.15, -0.1) is 0 Å². The van der Waals surface area contributed by atoms with Crippen LogP contribution in [0.4, 0.5) is 4.39 Å². The van der Waals surface area contributed by atoms with Crippen molar-refractivity contribution in [2.24, 2.45) is 17.3 Å². The second-order valence-corrected chi connectivity index (χ2v) is 6.78. The Balaban J connectivity index is 2.26. The lowest BCUT2D eigenvalue weighted by atomic mass is 9.65. The molecule has 2 nitrogen and oxygen atoms in total. The summed E-state index contributed by atoms with van der Waals surface area (Å²) in [6, 6.07) is 7.02. The maximum absolute atomic E-state index is 14.0. The number of benzene rings is 1. The van der Waals surface area contributed by atoms with Gasteiger partial charge in [0, 0.05) is 5.56 Å². The van der Waals surface area contributed by atoms with Gasteiger partial charge < -0.3 is 5.11 Å². The molecule has 1 aliphatic carbocycles. The third kappa shape index (κ3) is 3.11. The molecule has 1 saturated carbocycles. The van der Waals surface area contributed by atoms with Crippen LogP contribution in [0.25, 0.3) is 0 Å². The van der Waals surface area contributed by atoms with E-state index in [0.717, 1.165) is 18.4 Å². The van der Waals surface area contributed by atoms with E-state index in [1.54, 1.807) is 12.1 Å². The molecule has 114 valence electrons. The maximum Gasteiger partial charge on any atom is 0.129 e. The predicted octanol–water partition coefficient (Wildman–Crippen LogP) is 4.52. The molecule has 1 aromatic carbocycles. The van der Waals surface area contributed by atoms with Crippen LogP contribution >= 0.6 is 0 Å². The molecule has 0 aliphatic heterocycles. The van der Waals surface area contributed by atoms with Gasteiger partial charge in [0.1, 0.15) is 11.9 Å². The van der Waals surface area contributed by atoms with Crippen LogP contribution in [-0.4, -0.2) is 5.11 Å². The van der Waals surface area contributed by atoms with Crippen molar-refractivity contribution in [1.82, 2.24) is 0 Å². The summed E-state index contributed by atoms with van der Waals surface area (Å²) in [6.07, 6.45) is 2.09. The summed E-state index contributed by atoms with van der Waals surface area (Å²) in [7, 11) is 0. The van der Waals surface area contributed by atoms with E-state index in [0.29, 0.717) is 24.7 Å². The van der Waals surface area contributed by atoms with E-state index in [2.05, 4.69) is 19.9 Å². The lowest BCUT2D eigenvalue weighted by Gasteiger charge is -2.39. The van der Waals surface area contributed by atoms with Gasteiger partial charge in [-0.05, 0) is 50.5 Å². The van der Waals surface area contributed by atoms with Gasteiger partial charge in [-0.3, -0.25) is 0 Å². The average Bonchev–Trinajstić information content (AvgIpc) is 2.49. The van der Waals surface area contributed by atoms with Crippen molar-refractivity contribution in [2.45, 2.75) is 52.6 Å².